The summed E-state index contributed by atoms with van der Waals surface area (Å²) in [5, 5.41) is 0.914. The molecule has 0 amide bonds. The van der Waals surface area contributed by atoms with Gasteiger partial charge in [-0.2, -0.15) is 0 Å². The highest BCUT2D eigenvalue weighted by molar-refractivity contribution is 6.43. The van der Waals surface area contributed by atoms with Crippen LogP contribution in [-0.4, -0.2) is 25.0 Å². The van der Waals surface area contributed by atoms with Gasteiger partial charge in [-0.15, -0.1) is 0 Å². The monoisotopic (exact) mass is 394 g/mol. The van der Waals surface area contributed by atoms with Crippen molar-refractivity contribution < 1.29 is 19.1 Å². The fraction of sp³-hybridized carbons (Fsp3) is 0.500. The van der Waals surface area contributed by atoms with Gasteiger partial charge in [0, 0.05) is 17.4 Å². The molecule has 1 aromatic rings. The van der Waals surface area contributed by atoms with Crippen molar-refractivity contribution in [1.29, 1.82) is 0 Å². The van der Waals surface area contributed by atoms with E-state index in [1.165, 1.54) is 0 Å². The summed E-state index contributed by atoms with van der Waals surface area (Å²) in [6.45, 7) is 1.97. The number of allylic oxidation sites excluding steroid dienone is 1. The molecule has 0 spiro atoms. The highest BCUT2D eigenvalue weighted by Gasteiger charge is 2.60. The lowest BCUT2D eigenvalue weighted by atomic mass is 9.67. The second kappa shape index (κ2) is 6.66. The number of ether oxygens (including phenoxy) is 2. The molecule has 4 nitrogen and oxygen atoms in total. The van der Waals surface area contributed by atoms with E-state index in [-0.39, 0.29) is 29.9 Å². The van der Waals surface area contributed by atoms with Crippen LogP contribution in [0.3, 0.4) is 0 Å². The van der Waals surface area contributed by atoms with E-state index < -0.39 is 0 Å². The molecule has 0 bridgehead atoms. The summed E-state index contributed by atoms with van der Waals surface area (Å²) < 4.78 is 11.1. The van der Waals surface area contributed by atoms with Crippen molar-refractivity contribution >= 4 is 40.5 Å². The first-order valence-corrected chi connectivity index (χ1v) is 9.75. The van der Waals surface area contributed by atoms with E-state index in [0.717, 1.165) is 29.5 Å². The van der Waals surface area contributed by atoms with Crippen LogP contribution in [0.15, 0.2) is 18.2 Å². The molecular weight excluding hydrogens is 375 g/mol. The van der Waals surface area contributed by atoms with Crippen LogP contribution < -0.4 is 0 Å². The van der Waals surface area contributed by atoms with Crippen molar-refractivity contribution in [3.63, 3.8) is 0 Å². The maximum Gasteiger partial charge on any atom is 0.332 e. The standard InChI is InChI=1S/C20H20Cl2O4/c1-2-25-16(24)10-26-19-13-5-6-15(21)18(22)17(13)14-9-12(23)7-8-20(14,19)11-3-4-11/h5-6,9,11,19H,2-4,7-8,10H2,1H3. The van der Waals surface area contributed by atoms with Crippen molar-refractivity contribution in [3.8, 4) is 0 Å². The predicted octanol–water partition coefficient (Wildman–Crippen LogP) is 4.77. The Bertz CT molecular complexity index is 812. The third-order valence-electron chi connectivity index (χ3n) is 5.72. The lowest BCUT2D eigenvalue weighted by Crippen LogP contribution is -2.34. The van der Waals surface area contributed by atoms with Crippen LogP contribution in [-0.2, 0) is 19.1 Å². The van der Waals surface area contributed by atoms with Crippen molar-refractivity contribution in [3.05, 3.63) is 39.4 Å². The molecule has 1 saturated carbocycles. The van der Waals surface area contributed by atoms with Gasteiger partial charge in [0.1, 0.15) is 6.61 Å². The zero-order valence-electron chi connectivity index (χ0n) is 14.5. The van der Waals surface area contributed by atoms with Crippen LogP contribution >= 0.6 is 23.2 Å². The second-order valence-electron chi connectivity index (χ2n) is 7.16. The summed E-state index contributed by atoms with van der Waals surface area (Å²) in [5.41, 5.74) is 2.36. The maximum atomic E-state index is 12.2. The lowest BCUT2D eigenvalue weighted by molar-refractivity contribution is -0.153. The van der Waals surface area contributed by atoms with Gasteiger partial charge in [-0.05, 0) is 55.4 Å². The zero-order valence-corrected chi connectivity index (χ0v) is 16.0. The van der Waals surface area contributed by atoms with Gasteiger partial charge in [0.05, 0.1) is 22.8 Å². The molecule has 2 unspecified atom stereocenters. The summed E-state index contributed by atoms with van der Waals surface area (Å²) in [4.78, 5) is 24.1. The molecule has 1 fully saturated rings. The van der Waals surface area contributed by atoms with Gasteiger partial charge in [-0.1, -0.05) is 29.3 Å². The third kappa shape index (κ3) is 2.70. The number of hydrogen-bond acceptors (Lipinski definition) is 4. The Labute approximate surface area is 162 Å². The minimum absolute atomic E-state index is 0.101. The van der Waals surface area contributed by atoms with Gasteiger partial charge >= 0.3 is 5.97 Å². The van der Waals surface area contributed by atoms with Crippen molar-refractivity contribution in [2.24, 2.45) is 11.3 Å². The molecular formula is C20H20Cl2O4. The molecule has 2 atom stereocenters. The number of hydrogen-bond donors (Lipinski definition) is 0. The van der Waals surface area contributed by atoms with Crippen molar-refractivity contribution in [1.82, 2.24) is 0 Å². The second-order valence-corrected chi connectivity index (χ2v) is 7.95. The van der Waals surface area contributed by atoms with E-state index in [4.69, 9.17) is 32.7 Å². The van der Waals surface area contributed by atoms with Crippen LogP contribution in [0.25, 0.3) is 5.57 Å². The number of carbonyl (C=O) groups is 2. The highest BCUT2D eigenvalue weighted by Crippen LogP contribution is 2.69. The molecule has 1 aromatic carbocycles. The fourth-order valence-corrected chi connectivity index (χ4v) is 5.01. The minimum atomic E-state index is -0.385. The smallest absolute Gasteiger partial charge is 0.332 e. The van der Waals surface area contributed by atoms with Crippen LogP contribution in [0.1, 0.15) is 49.8 Å². The molecule has 4 rings (SSSR count). The SMILES string of the molecule is CCOC(=O)COC1c2ccc(Cl)c(Cl)c2C2=CC(=O)CCC21C1CC1. The average molecular weight is 395 g/mol. The quantitative estimate of drug-likeness (QED) is 0.674. The molecule has 3 aliphatic rings. The maximum absolute atomic E-state index is 12.2. The number of fused-ring (bicyclic) bond motifs is 3. The summed E-state index contributed by atoms with van der Waals surface area (Å²) >= 11 is 12.8. The molecule has 0 heterocycles. The Morgan fingerprint density at radius 3 is 2.77 bits per heavy atom. The normalized spacial score (nSPS) is 27.0. The van der Waals surface area contributed by atoms with Gasteiger partial charge in [0.25, 0.3) is 0 Å². The van der Waals surface area contributed by atoms with Gasteiger partial charge in [0.2, 0.25) is 0 Å². The van der Waals surface area contributed by atoms with Crippen molar-refractivity contribution in [2.75, 3.05) is 13.2 Å². The van der Waals surface area contributed by atoms with Gasteiger partial charge in [-0.25, -0.2) is 4.79 Å². The Hall–Kier alpha value is -1.36. The van der Waals surface area contributed by atoms with E-state index in [2.05, 4.69) is 0 Å². The van der Waals surface area contributed by atoms with E-state index in [1.807, 2.05) is 6.07 Å². The number of rotatable bonds is 5. The molecule has 0 N–H and O–H groups in total. The molecule has 6 heteroatoms. The summed E-state index contributed by atoms with van der Waals surface area (Å²) in [7, 11) is 0. The van der Waals surface area contributed by atoms with Gasteiger partial charge in [0.15, 0.2) is 5.78 Å². The molecule has 0 aliphatic heterocycles. The average Bonchev–Trinajstić information content (AvgIpc) is 3.41. The largest absolute Gasteiger partial charge is 0.464 e. The minimum Gasteiger partial charge on any atom is -0.464 e. The molecule has 0 radical (unpaired) electrons. The zero-order chi connectivity index (χ0) is 18.5. The first-order chi connectivity index (χ1) is 12.5. The number of ketones is 1. The summed E-state index contributed by atoms with van der Waals surface area (Å²) in [6.07, 6.45) is 4.77. The Balaban J connectivity index is 1.81. The van der Waals surface area contributed by atoms with E-state index >= 15 is 0 Å². The van der Waals surface area contributed by atoms with Gasteiger partial charge < -0.3 is 9.47 Å². The molecule has 138 valence electrons. The molecule has 3 aliphatic carbocycles. The van der Waals surface area contributed by atoms with E-state index in [1.54, 1.807) is 19.1 Å². The van der Waals surface area contributed by atoms with E-state index in [0.29, 0.717) is 35.4 Å². The van der Waals surface area contributed by atoms with Gasteiger partial charge in [-0.3, -0.25) is 4.79 Å². The first kappa shape index (κ1) is 18.0. The molecule has 26 heavy (non-hydrogen) atoms. The molecule has 0 saturated heterocycles. The Morgan fingerprint density at radius 2 is 2.08 bits per heavy atom. The van der Waals surface area contributed by atoms with Crippen LogP contribution in [0.2, 0.25) is 10.0 Å². The lowest BCUT2D eigenvalue weighted by Gasteiger charge is -2.39. The number of carbonyl (C=O) groups excluding carboxylic acids is 2. The highest BCUT2D eigenvalue weighted by atomic mass is 35.5. The Morgan fingerprint density at radius 1 is 1.31 bits per heavy atom. The van der Waals surface area contributed by atoms with E-state index in [9.17, 15) is 9.59 Å². The summed E-state index contributed by atoms with van der Waals surface area (Å²) in [6, 6.07) is 3.66. The third-order valence-corrected chi connectivity index (χ3v) is 6.52. The van der Waals surface area contributed by atoms with Crippen LogP contribution in [0.4, 0.5) is 0 Å². The van der Waals surface area contributed by atoms with Crippen LogP contribution in [0, 0.1) is 11.3 Å². The summed E-state index contributed by atoms with van der Waals surface area (Å²) in [5.74, 6) is 0.143. The predicted molar refractivity (Wildman–Crippen MR) is 99.2 cm³/mol. The molecule has 0 aromatic heterocycles. The fourth-order valence-electron chi connectivity index (χ4n) is 4.57. The van der Waals surface area contributed by atoms with Crippen LogP contribution in [0.5, 0.6) is 0 Å². The first-order valence-electron chi connectivity index (χ1n) is 8.99. The number of esters is 1. The Kier molecular flexibility index (Phi) is 4.62. The number of halogens is 2. The van der Waals surface area contributed by atoms with Crippen molar-refractivity contribution in [2.45, 2.75) is 38.7 Å². The topological polar surface area (TPSA) is 52.6 Å². The number of benzene rings is 1.